The Kier molecular flexibility index (Phi) is 5.59. The van der Waals surface area contributed by atoms with Gasteiger partial charge < -0.3 is 26.2 Å². The fraction of sp³-hybridized carbons (Fsp3) is 0.909. The predicted octanol–water partition coefficient (Wildman–Crippen LogP) is -0.733. The number of rotatable bonds is 7. The lowest BCUT2D eigenvalue weighted by Gasteiger charge is -2.31. The van der Waals surface area contributed by atoms with Gasteiger partial charge in [0, 0.05) is 0 Å². The van der Waals surface area contributed by atoms with Gasteiger partial charge in [0.1, 0.15) is 5.54 Å². The molecule has 0 saturated heterocycles. The number of hydrogen-bond donors (Lipinski definition) is 5. The Labute approximate surface area is 108 Å². The minimum atomic E-state index is -1.31. The maximum atomic E-state index is 11.5. The zero-order valence-corrected chi connectivity index (χ0v) is 10.8. The van der Waals surface area contributed by atoms with Crippen molar-refractivity contribution >= 4 is 13.1 Å². The van der Waals surface area contributed by atoms with Crippen molar-refractivity contribution in [1.82, 2.24) is 5.32 Å². The van der Waals surface area contributed by atoms with Gasteiger partial charge in [0.15, 0.2) is 0 Å². The molecule has 0 amide bonds. The van der Waals surface area contributed by atoms with Crippen LogP contribution in [-0.4, -0.2) is 47.4 Å². The Balaban J connectivity index is 2.69. The summed E-state index contributed by atoms with van der Waals surface area (Å²) in [6.45, 7) is 0.496. The zero-order chi connectivity index (χ0) is 13.8. The number of aliphatic carboxylic acids is 1. The topological polar surface area (TPSA) is 116 Å². The molecule has 0 bridgehead atoms. The van der Waals surface area contributed by atoms with Gasteiger partial charge in [-0.2, -0.15) is 0 Å². The van der Waals surface area contributed by atoms with Gasteiger partial charge in [-0.05, 0) is 51.0 Å². The highest BCUT2D eigenvalue weighted by atomic mass is 16.4. The van der Waals surface area contributed by atoms with Crippen LogP contribution in [0.2, 0.25) is 6.32 Å². The van der Waals surface area contributed by atoms with Gasteiger partial charge in [0.25, 0.3) is 0 Å². The van der Waals surface area contributed by atoms with Gasteiger partial charge in [0.2, 0.25) is 0 Å². The molecule has 1 rings (SSSR count). The average molecular weight is 258 g/mol. The molecule has 0 heterocycles. The van der Waals surface area contributed by atoms with Crippen LogP contribution in [0.3, 0.4) is 0 Å². The number of nitrogens with one attached hydrogen (secondary N) is 1. The molecular formula is C11H23BN2O4. The number of nitrogens with two attached hydrogens (primary N) is 1. The molecule has 6 nitrogen and oxygen atoms in total. The molecule has 1 aliphatic carbocycles. The summed E-state index contributed by atoms with van der Waals surface area (Å²) in [6, 6.07) is 0. The van der Waals surface area contributed by atoms with Crippen LogP contribution in [0.25, 0.3) is 0 Å². The molecule has 7 heteroatoms. The molecule has 6 N–H and O–H groups in total. The highest BCUT2D eigenvalue weighted by Crippen LogP contribution is 2.42. The van der Waals surface area contributed by atoms with Crippen molar-refractivity contribution in [2.75, 3.05) is 13.6 Å². The van der Waals surface area contributed by atoms with Crippen LogP contribution in [0.4, 0.5) is 0 Å². The fourth-order valence-electron chi connectivity index (χ4n) is 3.07. The second kappa shape index (κ2) is 6.52. The van der Waals surface area contributed by atoms with Crippen molar-refractivity contribution in [1.29, 1.82) is 0 Å². The highest BCUT2D eigenvalue weighted by Gasteiger charge is 2.51. The summed E-state index contributed by atoms with van der Waals surface area (Å²) in [6.07, 6.45) is 2.88. The average Bonchev–Trinajstić information content (AvgIpc) is 2.68. The number of likely N-dealkylation sites (N-methyl/N-ethyl adjacent to an activating group) is 1. The van der Waals surface area contributed by atoms with Crippen molar-refractivity contribution in [2.45, 2.75) is 37.5 Å². The first kappa shape index (κ1) is 15.4. The molecule has 1 saturated carbocycles. The smallest absolute Gasteiger partial charge is 0.451 e. The summed E-state index contributed by atoms with van der Waals surface area (Å²) in [5.74, 6) is -0.625. The number of hydrogen-bond acceptors (Lipinski definition) is 5. The summed E-state index contributed by atoms with van der Waals surface area (Å²) < 4.78 is 0. The Bertz CT molecular complexity index is 290. The van der Waals surface area contributed by atoms with E-state index in [2.05, 4.69) is 5.32 Å². The molecular weight excluding hydrogens is 235 g/mol. The van der Waals surface area contributed by atoms with E-state index in [1.165, 1.54) is 0 Å². The first-order chi connectivity index (χ1) is 8.46. The van der Waals surface area contributed by atoms with E-state index in [-0.39, 0.29) is 18.2 Å². The van der Waals surface area contributed by atoms with Crippen LogP contribution in [0, 0.1) is 11.8 Å². The first-order valence-corrected chi connectivity index (χ1v) is 6.44. The molecule has 18 heavy (non-hydrogen) atoms. The number of carboxylic acid groups (broad SMARTS) is 1. The normalized spacial score (nSPS) is 31.6. The lowest BCUT2D eigenvalue weighted by Crippen LogP contribution is -2.53. The Hall–Kier alpha value is -0.625. The summed E-state index contributed by atoms with van der Waals surface area (Å²) in [7, 11) is 0.353. The quantitative estimate of drug-likeness (QED) is 0.384. The van der Waals surface area contributed by atoms with E-state index in [9.17, 15) is 9.90 Å². The van der Waals surface area contributed by atoms with Crippen LogP contribution in [0.1, 0.15) is 25.7 Å². The van der Waals surface area contributed by atoms with Crippen LogP contribution in [-0.2, 0) is 4.79 Å². The van der Waals surface area contributed by atoms with Crippen LogP contribution < -0.4 is 11.1 Å². The summed E-state index contributed by atoms with van der Waals surface area (Å²) in [4.78, 5) is 11.5. The van der Waals surface area contributed by atoms with Crippen molar-refractivity contribution in [2.24, 2.45) is 17.6 Å². The predicted molar refractivity (Wildman–Crippen MR) is 68.9 cm³/mol. The number of carboxylic acids is 1. The highest BCUT2D eigenvalue weighted by molar-refractivity contribution is 6.40. The minimum Gasteiger partial charge on any atom is -0.480 e. The lowest BCUT2D eigenvalue weighted by atomic mass is 9.78. The SMILES string of the molecule is CN[C@@]1(C(=O)O)C[C@H](CN)C[C@@H]1CCCB(O)O. The molecule has 0 unspecified atom stereocenters. The van der Waals surface area contributed by atoms with Crippen molar-refractivity contribution in [3.63, 3.8) is 0 Å². The summed E-state index contributed by atoms with van der Waals surface area (Å²) >= 11 is 0. The number of carbonyl (C=O) groups is 1. The molecule has 0 radical (unpaired) electrons. The van der Waals surface area contributed by atoms with Crippen LogP contribution in [0.15, 0.2) is 0 Å². The van der Waals surface area contributed by atoms with E-state index in [1.54, 1.807) is 7.05 Å². The van der Waals surface area contributed by atoms with E-state index in [4.69, 9.17) is 15.8 Å². The van der Waals surface area contributed by atoms with Gasteiger partial charge in [0.05, 0.1) is 0 Å². The molecule has 0 aromatic rings. The van der Waals surface area contributed by atoms with Gasteiger partial charge in [-0.25, -0.2) is 0 Å². The summed E-state index contributed by atoms with van der Waals surface area (Å²) in [5, 5.41) is 30.1. The largest absolute Gasteiger partial charge is 0.480 e. The maximum Gasteiger partial charge on any atom is 0.451 e. The molecule has 0 aliphatic heterocycles. The molecule has 1 fully saturated rings. The van der Waals surface area contributed by atoms with E-state index in [0.29, 0.717) is 25.8 Å². The first-order valence-electron chi connectivity index (χ1n) is 6.44. The van der Waals surface area contributed by atoms with Crippen molar-refractivity contribution in [3.05, 3.63) is 0 Å². The van der Waals surface area contributed by atoms with Gasteiger partial charge in [-0.3, -0.25) is 4.79 Å². The van der Waals surface area contributed by atoms with E-state index in [1.807, 2.05) is 0 Å². The van der Waals surface area contributed by atoms with E-state index in [0.717, 1.165) is 6.42 Å². The summed E-state index contributed by atoms with van der Waals surface area (Å²) in [5.41, 5.74) is 4.74. The fourth-order valence-corrected chi connectivity index (χ4v) is 3.07. The third kappa shape index (κ3) is 3.23. The molecule has 3 atom stereocenters. The monoisotopic (exact) mass is 258 g/mol. The molecule has 0 spiro atoms. The van der Waals surface area contributed by atoms with E-state index >= 15 is 0 Å². The molecule has 104 valence electrons. The Morgan fingerprint density at radius 2 is 2.22 bits per heavy atom. The van der Waals surface area contributed by atoms with Crippen molar-refractivity contribution < 1.29 is 19.9 Å². The molecule has 0 aromatic carbocycles. The van der Waals surface area contributed by atoms with Crippen LogP contribution >= 0.6 is 0 Å². The second-order valence-corrected chi connectivity index (χ2v) is 5.18. The third-order valence-electron chi connectivity index (χ3n) is 4.10. The second-order valence-electron chi connectivity index (χ2n) is 5.18. The van der Waals surface area contributed by atoms with Gasteiger partial charge >= 0.3 is 13.1 Å². The van der Waals surface area contributed by atoms with Crippen molar-refractivity contribution in [3.8, 4) is 0 Å². The molecule has 1 aliphatic rings. The maximum absolute atomic E-state index is 11.5. The zero-order valence-electron chi connectivity index (χ0n) is 10.8. The Morgan fingerprint density at radius 1 is 1.56 bits per heavy atom. The van der Waals surface area contributed by atoms with Gasteiger partial charge in [-0.15, -0.1) is 0 Å². The van der Waals surface area contributed by atoms with Gasteiger partial charge in [-0.1, -0.05) is 6.42 Å². The lowest BCUT2D eigenvalue weighted by molar-refractivity contribution is -0.146. The Morgan fingerprint density at radius 3 is 2.67 bits per heavy atom. The van der Waals surface area contributed by atoms with E-state index < -0.39 is 18.6 Å². The minimum absolute atomic E-state index is 0.00713. The molecule has 0 aromatic heterocycles. The standard InChI is InChI=1S/C11H23BN2O4/c1-14-11(10(15)16)6-8(7-13)5-9(11)3-2-4-12(17)18/h8-9,14,17-18H,2-7,13H2,1H3,(H,15,16)/t8-,9+,11+/m1/s1. The third-order valence-corrected chi connectivity index (χ3v) is 4.10. The van der Waals surface area contributed by atoms with Crippen LogP contribution in [0.5, 0.6) is 0 Å².